The predicted molar refractivity (Wildman–Crippen MR) is 54.5 cm³/mol. The molecule has 1 aliphatic rings. The zero-order chi connectivity index (χ0) is 12.3. The fourth-order valence-corrected chi connectivity index (χ4v) is 1.70. The number of carbonyl (C=O) groups excluding carboxylic acids is 3. The van der Waals surface area contributed by atoms with Crippen molar-refractivity contribution in [2.75, 3.05) is 6.61 Å². The van der Waals surface area contributed by atoms with Crippen molar-refractivity contribution in [2.45, 2.75) is 33.3 Å². The Kier molecular flexibility index (Phi) is 4.04. The number of Topliss-reactive ketones (excluding diaryl/α,β-unsaturated/α-hetero) is 1. The molecule has 1 aliphatic heterocycles. The van der Waals surface area contributed by atoms with Gasteiger partial charge in [0.15, 0.2) is 5.92 Å². The van der Waals surface area contributed by atoms with Gasteiger partial charge in [0, 0.05) is 0 Å². The summed E-state index contributed by atoms with van der Waals surface area (Å²) >= 11 is 0. The van der Waals surface area contributed by atoms with Crippen molar-refractivity contribution in [3.8, 4) is 0 Å². The number of esters is 2. The Balaban J connectivity index is 2.79. The molecule has 0 bridgehead atoms. The molecule has 5 nitrogen and oxygen atoms in total. The summed E-state index contributed by atoms with van der Waals surface area (Å²) in [6.45, 7) is 5.69. The highest BCUT2D eigenvalue weighted by atomic mass is 16.6. The second-order valence-electron chi connectivity index (χ2n) is 4.17. The van der Waals surface area contributed by atoms with E-state index in [1.807, 2.05) is 13.8 Å². The van der Waals surface area contributed by atoms with Gasteiger partial charge < -0.3 is 9.47 Å². The number of cyclic esters (lactones) is 1. The highest BCUT2D eigenvalue weighted by molar-refractivity contribution is 6.40. The third-order valence-electron chi connectivity index (χ3n) is 2.36. The molecule has 0 radical (unpaired) electrons. The van der Waals surface area contributed by atoms with E-state index in [9.17, 15) is 14.4 Å². The number of rotatable bonds is 4. The van der Waals surface area contributed by atoms with E-state index in [1.165, 1.54) is 0 Å². The van der Waals surface area contributed by atoms with Gasteiger partial charge in [-0.3, -0.25) is 9.59 Å². The van der Waals surface area contributed by atoms with Crippen LogP contribution in [-0.4, -0.2) is 30.4 Å². The molecule has 0 amide bonds. The lowest BCUT2D eigenvalue weighted by molar-refractivity contribution is -0.152. The lowest BCUT2D eigenvalue weighted by Gasteiger charge is -2.16. The summed E-state index contributed by atoms with van der Waals surface area (Å²) in [5.74, 6) is -3.22. The molecular weight excluding hydrogens is 212 g/mol. The number of hydrogen-bond donors (Lipinski definition) is 0. The second-order valence-corrected chi connectivity index (χ2v) is 4.17. The monoisotopic (exact) mass is 228 g/mol. The van der Waals surface area contributed by atoms with Crippen molar-refractivity contribution in [3.63, 3.8) is 0 Å². The van der Waals surface area contributed by atoms with Gasteiger partial charge in [0.1, 0.15) is 6.10 Å². The quantitative estimate of drug-likeness (QED) is 0.402. The highest BCUT2D eigenvalue weighted by Crippen LogP contribution is 2.25. The van der Waals surface area contributed by atoms with Crippen LogP contribution < -0.4 is 0 Å². The summed E-state index contributed by atoms with van der Waals surface area (Å²) < 4.78 is 9.64. The summed E-state index contributed by atoms with van der Waals surface area (Å²) in [6, 6.07) is 0. The lowest BCUT2D eigenvalue weighted by Crippen LogP contribution is -2.32. The summed E-state index contributed by atoms with van der Waals surface area (Å²) in [7, 11) is 0. The first-order valence-corrected chi connectivity index (χ1v) is 5.38. The van der Waals surface area contributed by atoms with Gasteiger partial charge in [-0.1, -0.05) is 13.8 Å². The van der Waals surface area contributed by atoms with E-state index in [2.05, 4.69) is 0 Å². The molecule has 2 unspecified atom stereocenters. The number of ketones is 1. The Morgan fingerprint density at radius 3 is 2.56 bits per heavy atom. The van der Waals surface area contributed by atoms with Crippen LogP contribution in [0, 0.1) is 11.8 Å². The Hall–Kier alpha value is -1.39. The molecule has 0 aromatic rings. The van der Waals surface area contributed by atoms with Crippen molar-refractivity contribution >= 4 is 17.7 Å². The minimum atomic E-state index is -1.07. The van der Waals surface area contributed by atoms with Gasteiger partial charge in [0.05, 0.1) is 6.61 Å². The van der Waals surface area contributed by atoms with Crippen LogP contribution in [0.25, 0.3) is 0 Å². The molecule has 90 valence electrons. The van der Waals surface area contributed by atoms with E-state index in [-0.39, 0.29) is 12.5 Å². The van der Waals surface area contributed by atoms with E-state index in [4.69, 9.17) is 9.47 Å². The number of carbonyl (C=O) groups is 3. The molecule has 0 aliphatic carbocycles. The molecule has 2 atom stereocenters. The van der Waals surface area contributed by atoms with Crippen LogP contribution in [0.15, 0.2) is 0 Å². The maximum Gasteiger partial charge on any atom is 0.376 e. The largest absolute Gasteiger partial charge is 0.465 e. The van der Waals surface area contributed by atoms with Crippen LogP contribution in [0.2, 0.25) is 0 Å². The topological polar surface area (TPSA) is 69.7 Å². The van der Waals surface area contributed by atoms with Crippen LogP contribution in [-0.2, 0) is 23.9 Å². The SMILES string of the molecule is CCOC(=O)C1C(=O)C(=O)OC1CC(C)C. The maximum absolute atomic E-state index is 11.5. The molecule has 1 fully saturated rings. The smallest absolute Gasteiger partial charge is 0.376 e. The maximum atomic E-state index is 11.5. The predicted octanol–water partition coefficient (Wildman–Crippen LogP) is 0.706. The van der Waals surface area contributed by atoms with Gasteiger partial charge in [-0.2, -0.15) is 0 Å². The third-order valence-corrected chi connectivity index (χ3v) is 2.36. The summed E-state index contributed by atoms with van der Waals surface area (Å²) in [5, 5.41) is 0. The third kappa shape index (κ3) is 2.59. The Morgan fingerprint density at radius 1 is 1.44 bits per heavy atom. The molecule has 1 rings (SSSR count). The Morgan fingerprint density at radius 2 is 2.06 bits per heavy atom. The minimum Gasteiger partial charge on any atom is -0.465 e. The Bertz CT molecular complexity index is 307. The van der Waals surface area contributed by atoms with E-state index >= 15 is 0 Å². The van der Waals surface area contributed by atoms with E-state index in [0.717, 1.165) is 0 Å². The molecule has 5 heteroatoms. The average molecular weight is 228 g/mol. The zero-order valence-electron chi connectivity index (χ0n) is 9.69. The normalized spacial score (nSPS) is 24.8. The van der Waals surface area contributed by atoms with Gasteiger partial charge in [0.2, 0.25) is 0 Å². The van der Waals surface area contributed by atoms with Crippen LogP contribution in [0.3, 0.4) is 0 Å². The van der Waals surface area contributed by atoms with Crippen molar-refractivity contribution in [1.29, 1.82) is 0 Å². The summed E-state index contributed by atoms with van der Waals surface area (Å²) in [6.07, 6.45) is -0.180. The first-order valence-electron chi connectivity index (χ1n) is 5.38. The molecular formula is C11H16O5. The summed E-state index contributed by atoms with van der Waals surface area (Å²) in [5.41, 5.74) is 0. The van der Waals surface area contributed by atoms with Crippen LogP contribution >= 0.6 is 0 Å². The standard InChI is InChI=1S/C11H16O5/c1-4-15-10(13)8-7(5-6(2)3)16-11(14)9(8)12/h6-8H,4-5H2,1-3H3. The van der Waals surface area contributed by atoms with Gasteiger partial charge in [0.25, 0.3) is 5.78 Å². The fourth-order valence-electron chi connectivity index (χ4n) is 1.70. The molecule has 0 N–H and O–H groups in total. The van der Waals surface area contributed by atoms with Gasteiger partial charge in [-0.25, -0.2) is 4.79 Å². The zero-order valence-corrected chi connectivity index (χ0v) is 9.69. The number of ether oxygens (including phenoxy) is 2. The minimum absolute atomic E-state index is 0.186. The van der Waals surface area contributed by atoms with E-state index in [0.29, 0.717) is 6.42 Å². The number of hydrogen-bond acceptors (Lipinski definition) is 5. The fraction of sp³-hybridized carbons (Fsp3) is 0.727. The van der Waals surface area contributed by atoms with Gasteiger partial charge >= 0.3 is 11.9 Å². The summed E-state index contributed by atoms with van der Waals surface area (Å²) in [4.78, 5) is 34.1. The van der Waals surface area contributed by atoms with Crippen LogP contribution in [0.1, 0.15) is 27.2 Å². The van der Waals surface area contributed by atoms with Crippen molar-refractivity contribution in [1.82, 2.24) is 0 Å². The van der Waals surface area contributed by atoms with Crippen molar-refractivity contribution in [2.24, 2.45) is 11.8 Å². The lowest BCUT2D eigenvalue weighted by atomic mass is 9.93. The second kappa shape index (κ2) is 5.09. The van der Waals surface area contributed by atoms with Crippen molar-refractivity contribution < 1.29 is 23.9 Å². The molecule has 1 saturated heterocycles. The first kappa shape index (κ1) is 12.7. The first-order chi connectivity index (χ1) is 7.47. The van der Waals surface area contributed by atoms with E-state index in [1.54, 1.807) is 6.92 Å². The highest BCUT2D eigenvalue weighted by Gasteiger charge is 2.48. The van der Waals surface area contributed by atoms with E-state index < -0.39 is 29.7 Å². The molecule has 1 heterocycles. The molecule has 0 aromatic heterocycles. The van der Waals surface area contributed by atoms with Crippen LogP contribution in [0.4, 0.5) is 0 Å². The molecule has 0 saturated carbocycles. The van der Waals surface area contributed by atoms with Gasteiger partial charge in [-0.15, -0.1) is 0 Å². The molecule has 0 spiro atoms. The van der Waals surface area contributed by atoms with Crippen molar-refractivity contribution in [3.05, 3.63) is 0 Å². The Labute approximate surface area is 94.1 Å². The average Bonchev–Trinajstić information content (AvgIpc) is 2.41. The molecule has 0 aromatic carbocycles. The van der Waals surface area contributed by atoms with Gasteiger partial charge in [-0.05, 0) is 19.3 Å². The molecule has 16 heavy (non-hydrogen) atoms. The van der Waals surface area contributed by atoms with Crippen LogP contribution in [0.5, 0.6) is 0 Å².